The van der Waals surface area contributed by atoms with Crippen LogP contribution in [0.5, 0.6) is 11.5 Å². The van der Waals surface area contributed by atoms with Crippen molar-refractivity contribution in [2.75, 3.05) is 24.9 Å². The highest BCUT2D eigenvalue weighted by molar-refractivity contribution is 9.10. The Balaban J connectivity index is 1.71. The Hall–Kier alpha value is -2.63. The molecule has 2 atom stereocenters. The van der Waals surface area contributed by atoms with Gasteiger partial charge in [-0.1, -0.05) is 51.3 Å². The molecule has 1 amide bonds. The zero-order valence-corrected chi connectivity index (χ0v) is 21.3. The Kier molecular flexibility index (Phi) is 7.12. The molecule has 186 valence electrons. The zero-order chi connectivity index (χ0) is 25.5. The summed E-state index contributed by atoms with van der Waals surface area (Å²) in [5.41, 5.74) is 0.430. The fraction of sp³-hybridized carbons (Fsp3) is 0.273. The standard InChI is InChI=1S/C22H18BrCl2F3N4O3/c1-34-15-8-14(16(35-2)7-12(15)24)30-21(33)19-18(25)20-29-13(10-3-5-11(23)6-4-10)9-17(22(26,27)28)32(20)31-19/h3-8,13,17,29H,9H2,1-2H3,(H,30,33)/t13-,17+/m0/s1. The molecule has 2 aromatic carbocycles. The second-order valence-corrected chi connectivity index (χ2v) is 9.34. The van der Waals surface area contributed by atoms with Gasteiger partial charge in [-0.25, -0.2) is 4.68 Å². The van der Waals surface area contributed by atoms with Crippen LogP contribution in [0.2, 0.25) is 10.0 Å². The number of rotatable bonds is 5. The van der Waals surface area contributed by atoms with Crippen molar-refractivity contribution in [2.24, 2.45) is 0 Å². The average molecular weight is 594 g/mol. The van der Waals surface area contributed by atoms with Crippen LogP contribution in [0.15, 0.2) is 40.9 Å². The Morgan fingerprint density at radius 1 is 1.17 bits per heavy atom. The molecule has 2 heterocycles. The number of hydrogen-bond acceptors (Lipinski definition) is 5. The normalized spacial score (nSPS) is 17.4. The molecule has 0 radical (unpaired) electrons. The minimum absolute atomic E-state index is 0.0982. The van der Waals surface area contributed by atoms with Crippen LogP contribution in [0.1, 0.15) is 34.6 Å². The summed E-state index contributed by atoms with van der Waals surface area (Å²) < 4.78 is 53.9. The summed E-state index contributed by atoms with van der Waals surface area (Å²) in [5.74, 6) is -0.457. The van der Waals surface area contributed by atoms with Crippen LogP contribution in [-0.4, -0.2) is 36.1 Å². The molecule has 1 aliphatic heterocycles. The van der Waals surface area contributed by atoms with Gasteiger partial charge < -0.3 is 20.1 Å². The van der Waals surface area contributed by atoms with Gasteiger partial charge in [-0.2, -0.15) is 18.3 Å². The molecule has 35 heavy (non-hydrogen) atoms. The molecule has 2 N–H and O–H groups in total. The summed E-state index contributed by atoms with van der Waals surface area (Å²) in [6.07, 6.45) is -4.96. The molecular weight excluding hydrogens is 576 g/mol. The van der Waals surface area contributed by atoms with Gasteiger partial charge in [-0.3, -0.25) is 4.79 Å². The summed E-state index contributed by atoms with van der Waals surface area (Å²) in [5, 5.41) is 9.50. The van der Waals surface area contributed by atoms with Gasteiger partial charge in [0.25, 0.3) is 5.91 Å². The first-order valence-electron chi connectivity index (χ1n) is 10.1. The molecule has 1 aliphatic rings. The summed E-state index contributed by atoms with van der Waals surface area (Å²) in [6.45, 7) is 0. The smallest absolute Gasteiger partial charge is 0.410 e. The molecule has 3 aromatic rings. The van der Waals surface area contributed by atoms with Crippen LogP contribution in [0.3, 0.4) is 0 Å². The van der Waals surface area contributed by atoms with Gasteiger partial charge in [0.05, 0.1) is 31.0 Å². The Morgan fingerprint density at radius 2 is 1.83 bits per heavy atom. The number of carbonyl (C=O) groups is 1. The Labute approximate surface area is 216 Å². The minimum atomic E-state index is -4.62. The van der Waals surface area contributed by atoms with Crippen LogP contribution in [0, 0.1) is 0 Å². The van der Waals surface area contributed by atoms with Crippen molar-refractivity contribution in [3.05, 3.63) is 62.2 Å². The van der Waals surface area contributed by atoms with Crippen molar-refractivity contribution in [3.63, 3.8) is 0 Å². The third-order valence-electron chi connectivity index (χ3n) is 5.51. The molecular formula is C22H18BrCl2F3N4O3. The van der Waals surface area contributed by atoms with E-state index in [0.717, 1.165) is 4.47 Å². The number of halogens is 6. The molecule has 0 saturated heterocycles. The van der Waals surface area contributed by atoms with E-state index in [-0.39, 0.29) is 45.2 Å². The Morgan fingerprint density at radius 3 is 2.43 bits per heavy atom. The molecule has 1 aromatic heterocycles. The third kappa shape index (κ3) is 5.03. The zero-order valence-electron chi connectivity index (χ0n) is 18.2. The van der Waals surface area contributed by atoms with E-state index in [4.69, 9.17) is 32.7 Å². The molecule has 0 unspecified atom stereocenters. The summed E-state index contributed by atoms with van der Waals surface area (Å²) in [4.78, 5) is 13.0. The van der Waals surface area contributed by atoms with Crippen LogP contribution in [0.25, 0.3) is 0 Å². The number of fused-ring (bicyclic) bond motifs is 1. The molecule has 0 fully saturated rings. The van der Waals surface area contributed by atoms with Crippen LogP contribution in [0.4, 0.5) is 24.7 Å². The highest BCUT2D eigenvalue weighted by Gasteiger charge is 2.48. The van der Waals surface area contributed by atoms with Crippen molar-refractivity contribution in [1.29, 1.82) is 0 Å². The topological polar surface area (TPSA) is 77.4 Å². The van der Waals surface area contributed by atoms with Crippen molar-refractivity contribution in [1.82, 2.24) is 9.78 Å². The number of nitrogens with one attached hydrogen (secondary N) is 2. The maximum absolute atomic E-state index is 14.0. The van der Waals surface area contributed by atoms with Crippen molar-refractivity contribution in [3.8, 4) is 11.5 Å². The lowest BCUT2D eigenvalue weighted by Gasteiger charge is -2.33. The number of amides is 1. The van der Waals surface area contributed by atoms with E-state index < -0.39 is 24.2 Å². The van der Waals surface area contributed by atoms with Crippen molar-refractivity contribution < 1.29 is 27.4 Å². The Bertz CT molecular complexity index is 1270. The molecule has 0 aliphatic carbocycles. The number of carbonyl (C=O) groups excluding carboxylic acids is 1. The van der Waals surface area contributed by atoms with Crippen LogP contribution in [-0.2, 0) is 0 Å². The number of methoxy groups -OCH3 is 2. The van der Waals surface area contributed by atoms with Gasteiger partial charge in [0, 0.05) is 23.0 Å². The third-order valence-corrected chi connectivity index (χ3v) is 6.69. The molecule has 0 saturated carbocycles. The second-order valence-electron chi connectivity index (χ2n) is 7.64. The van der Waals surface area contributed by atoms with Gasteiger partial charge in [-0.15, -0.1) is 0 Å². The summed E-state index contributed by atoms with van der Waals surface area (Å²) >= 11 is 15.8. The maximum Gasteiger partial charge on any atom is 0.410 e. The number of anilines is 2. The number of hydrogen-bond donors (Lipinski definition) is 2. The fourth-order valence-electron chi connectivity index (χ4n) is 3.79. The largest absolute Gasteiger partial charge is 0.495 e. The predicted octanol–water partition coefficient (Wildman–Crippen LogP) is 6.88. The molecule has 7 nitrogen and oxygen atoms in total. The molecule has 0 spiro atoms. The van der Waals surface area contributed by atoms with Crippen LogP contribution < -0.4 is 20.1 Å². The van der Waals surface area contributed by atoms with Crippen LogP contribution >= 0.6 is 39.1 Å². The van der Waals surface area contributed by atoms with Gasteiger partial charge in [-0.05, 0) is 17.7 Å². The quantitative estimate of drug-likeness (QED) is 0.337. The van der Waals surface area contributed by atoms with Crippen molar-refractivity contribution in [2.45, 2.75) is 24.7 Å². The highest BCUT2D eigenvalue weighted by atomic mass is 79.9. The molecule has 0 bridgehead atoms. The van der Waals surface area contributed by atoms with Gasteiger partial charge in [0.15, 0.2) is 11.7 Å². The van der Waals surface area contributed by atoms with Gasteiger partial charge in [0.2, 0.25) is 0 Å². The lowest BCUT2D eigenvalue weighted by atomic mass is 9.97. The second kappa shape index (κ2) is 9.79. The van der Waals surface area contributed by atoms with E-state index in [1.54, 1.807) is 24.3 Å². The van der Waals surface area contributed by atoms with Crippen molar-refractivity contribution >= 4 is 56.5 Å². The lowest BCUT2D eigenvalue weighted by molar-refractivity contribution is -0.173. The first kappa shape index (κ1) is 25.5. The number of alkyl halides is 3. The SMILES string of the molecule is COc1cc(NC(=O)c2nn3c(c2Cl)N[C@H](c2ccc(Br)cc2)C[C@@H]3C(F)(F)F)c(OC)cc1Cl. The van der Waals surface area contributed by atoms with E-state index in [1.807, 2.05) is 0 Å². The maximum atomic E-state index is 14.0. The fourth-order valence-corrected chi connectivity index (χ4v) is 4.55. The lowest BCUT2D eigenvalue weighted by Crippen LogP contribution is -2.35. The van der Waals surface area contributed by atoms with E-state index in [1.165, 1.54) is 26.4 Å². The first-order valence-corrected chi connectivity index (χ1v) is 11.7. The number of benzene rings is 2. The van der Waals surface area contributed by atoms with E-state index >= 15 is 0 Å². The highest BCUT2D eigenvalue weighted by Crippen LogP contribution is 2.46. The number of ether oxygens (including phenoxy) is 2. The first-order chi connectivity index (χ1) is 16.5. The number of aromatic nitrogens is 2. The van der Waals surface area contributed by atoms with E-state index in [9.17, 15) is 18.0 Å². The minimum Gasteiger partial charge on any atom is -0.495 e. The molecule has 4 rings (SSSR count). The van der Waals surface area contributed by atoms with Gasteiger partial charge >= 0.3 is 6.18 Å². The van der Waals surface area contributed by atoms with E-state index in [2.05, 4.69) is 31.7 Å². The van der Waals surface area contributed by atoms with Gasteiger partial charge in [0.1, 0.15) is 22.3 Å². The molecule has 13 heteroatoms. The predicted molar refractivity (Wildman–Crippen MR) is 130 cm³/mol. The van der Waals surface area contributed by atoms with E-state index in [0.29, 0.717) is 10.2 Å². The monoisotopic (exact) mass is 592 g/mol. The summed E-state index contributed by atoms with van der Waals surface area (Å²) in [6, 6.07) is 7.05. The average Bonchev–Trinajstić information content (AvgIpc) is 3.15. The number of nitrogens with zero attached hydrogens (tertiary/aromatic N) is 2. The summed E-state index contributed by atoms with van der Waals surface area (Å²) in [7, 11) is 2.76.